The molecule has 0 rings (SSSR count). The van der Waals surface area contributed by atoms with Crippen LogP contribution < -0.4 is 0 Å². The number of terminal acetylenes is 1. The Bertz CT molecular complexity index is 129. The molecule has 0 bridgehead atoms. The van der Waals surface area contributed by atoms with Gasteiger partial charge in [-0.3, -0.25) is 0 Å². The summed E-state index contributed by atoms with van der Waals surface area (Å²) in [6.07, 6.45) is 5.66. The second-order valence-electron chi connectivity index (χ2n) is 2.38. The minimum atomic E-state index is -0.585. The molecule has 0 aliphatic carbocycles. The van der Waals surface area contributed by atoms with Gasteiger partial charge in [-0.05, 0) is 20.8 Å². The summed E-state index contributed by atoms with van der Waals surface area (Å²) in [5.41, 5.74) is 0. The van der Waals surface area contributed by atoms with Crippen molar-refractivity contribution in [2.45, 2.75) is 33.0 Å². The van der Waals surface area contributed by atoms with Gasteiger partial charge in [-0.2, -0.15) is 0 Å². The zero-order chi connectivity index (χ0) is 8.74. The third kappa shape index (κ3) is 4.02. The summed E-state index contributed by atoms with van der Waals surface area (Å²) < 4.78 is 10.7. The van der Waals surface area contributed by atoms with Crippen LogP contribution in [0.15, 0.2) is 0 Å². The smallest absolute Gasteiger partial charge is 0.176 e. The second kappa shape index (κ2) is 5.17. The molecule has 0 atom stereocenters. The molecule has 0 amide bonds. The van der Waals surface area contributed by atoms with E-state index in [0.717, 1.165) is 0 Å². The normalized spacial score (nSPS) is 11.1. The van der Waals surface area contributed by atoms with Gasteiger partial charge in [-0.15, -0.1) is 12.3 Å². The van der Waals surface area contributed by atoms with Crippen LogP contribution in [0.2, 0.25) is 0 Å². The van der Waals surface area contributed by atoms with Crippen LogP contribution in [-0.4, -0.2) is 19.0 Å². The maximum absolute atomic E-state index is 5.35. The first-order chi connectivity index (χ1) is 5.18. The average molecular weight is 156 g/mol. The van der Waals surface area contributed by atoms with Gasteiger partial charge in [0.2, 0.25) is 0 Å². The lowest BCUT2D eigenvalue weighted by Gasteiger charge is -2.26. The van der Waals surface area contributed by atoms with Crippen molar-refractivity contribution in [1.29, 1.82) is 0 Å². The van der Waals surface area contributed by atoms with Crippen LogP contribution >= 0.6 is 0 Å². The lowest BCUT2D eigenvalue weighted by atomic mass is 10.2. The van der Waals surface area contributed by atoms with Crippen LogP contribution in [0, 0.1) is 12.3 Å². The molecule has 0 radical (unpaired) electrons. The summed E-state index contributed by atoms with van der Waals surface area (Å²) in [6.45, 7) is 6.96. The summed E-state index contributed by atoms with van der Waals surface area (Å²) in [7, 11) is 0. The number of hydrogen-bond acceptors (Lipinski definition) is 2. The van der Waals surface area contributed by atoms with Gasteiger partial charge in [0.25, 0.3) is 0 Å². The number of hydrogen-bond donors (Lipinski definition) is 0. The van der Waals surface area contributed by atoms with Crippen LogP contribution in [0.5, 0.6) is 0 Å². The second-order valence-corrected chi connectivity index (χ2v) is 2.38. The van der Waals surface area contributed by atoms with Crippen molar-refractivity contribution in [3.8, 4) is 12.3 Å². The molecule has 11 heavy (non-hydrogen) atoms. The highest BCUT2D eigenvalue weighted by Crippen LogP contribution is 2.15. The quantitative estimate of drug-likeness (QED) is 0.446. The topological polar surface area (TPSA) is 18.5 Å². The van der Waals surface area contributed by atoms with Crippen LogP contribution in [0.4, 0.5) is 0 Å². The van der Waals surface area contributed by atoms with Crippen LogP contribution in [0.25, 0.3) is 0 Å². The summed E-state index contributed by atoms with van der Waals surface area (Å²) in [6, 6.07) is 0. The summed E-state index contributed by atoms with van der Waals surface area (Å²) >= 11 is 0. The van der Waals surface area contributed by atoms with Gasteiger partial charge in [0.05, 0.1) is 6.42 Å². The van der Waals surface area contributed by atoms with Crippen molar-refractivity contribution in [3.05, 3.63) is 0 Å². The van der Waals surface area contributed by atoms with E-state index in [2.05, 4.69) is 5.92 Å². The van der Waals surface area contributed by atoms with E-state index >= 15 is 0 Å². The Morgan fingerprint density at radius 3 is 2.00 bits per heavy atom. The predicted molar refractivity (Wildman–Crippen MR) is 45.1 cm³/mol. The van der Waals surface area contributed by atoms with Crippen LogP contribution in [0.1, 0.15) is 27.2 Å². The minimum absolute atomic E-state index is 0.495. The van der Waals surface area contributed by atoms with Crippen molar-refractivity contribution >= 4 is 0 Å². The van der Waals surface area contributed by atoms with Gasteiger partial charge in [0.1, 0.15) is 0 Å². The van der Waals surface area contributed by atoms with Crippen LogP contribution in [-0.2, 0) is 9.47 Å². The third-order valence-corrected chi connectivity index (χ3v) is 1.32. The Hall–Kier alpha value is -0.520. The zero-order valence-corrected chi connectivity index (χ0v) is 7.52. The monoisotopic (exact) mass is 156 g/mol. The van der Waals surface area contributed by atoms with Crippen LogP contribution in [0.3, 0.4) is 0 Å². The lowest BCUT2D eigenvalue weighted by molar-refractivity contribution is -0.216. The maximum atomic E-state index is 5.35. The predicted octanol–water partition coefficient (Wildman–Crippen LogP) is 1.80. The van der Waals surface area contributed by atoms with Gasteiger partial charge < -0.3 is 9.47 Å². The van der Waals surface area contributed by atoms with Gasteiger partial charge in [-0.25, -0.2) is 0 Å². The molecule has 0 fully saturated rings. The molecule has 0 aliphatic heterocycles. The number of rotatable bonds is 5. The Morgan fingerprint density at radius 1 is 1.27 bits per heavy atom. The molecule has 0 aromatic heterocycles. The van der Waals surface area contributed by atoms with E-state index in [1.807, 2.05) is 20.8 Å². The van der Waals surface area contributed by atoms with E-state index in [-0.39, 0.29) is 0 Å². The van der Waals surface area contributed by atoms with Gasteiger partial charge >= 0.3 is 0 Å². The van der Waals surface area contributed by atoms with Crippen molar-refractivity contribution < 1.29 is 9.47 Å². The van der Waals surface area contributed by atoms with Gasteiger partial charge in [0, 0.05) is 13.2 Å². The van der Waals surface area contributed by atoms with E-state index in [4.69, 9.17) is 15.9 Å². The molecular formula is C9H16O2. The van der Waals surface area contributed by atoms with Crippen molar-refractivity contribution in [2.75, 3.05) is 13.2 Å². The van der Waals surface area contributed by atoms with Crippen molar-refractivity contribution in [1.82, 2.24) is 0 Å². The van der Waals surface area contributed by atoms with Gasteiger partial charge in [-0.1, -0.05) is 0 Å². The molecule has 0 saturated heterocycles. The van der Waals surface area contributed by atoms with E-state index in [0.29, 0.717) is 19.6 Å². The Labute approximate surface area is 68.9 Å². The lowest BCUT2D eigenvalue weighted by Crippen LogP contribution is -2.31. The Morgan fingerprint density at radius 2 is 1.73 bits per heavy atom. The molecule has 0 heterocycles. The van der Waals surface area contributed by atoms with E-state index in [1.165, 1.54) is 0 Å². The van der Waals surface area contributed by atoms with Crippen molar-refractivity contribution in [3.63, 3.8) is 0 Å². The van der Waals surface area contributed by atoms with Gasteiger partial charge in [0.15, 0.2) is 5.79 Å². The average Bonchev–Trinajstić information content (AvgIpc) is 1.88. The molecule has 2 heteroatoms. The highest BCUT2D eigenvalue weighted by atomic mass is 16.7. The van der Waals surface area contributed by atoms with E-state index < -0.39 is 5.79 Å². The highest BCUT2D eigenvalue weighted by molar-refractivity contribution is 4.89. The summed E-state index contributed by atoms with van der Waals surface area (Å²) in [5, 5.41) is 0. The first kappa shape index (κ1) is 10.5. The third-order valence-electron chi connectivity index (χ3n) is 1.32. The van der Waals surface area contributed by atoms with Crippen molar-refractivity contribution in [2.24, 2.45) is 0 Å². The van der Waals surface area contributed by atoms with E-state index in [9.17, 15) is 0 Å². The minimum Gasteiger partial charge on any atom is -0.349 e. The highest BCUT2D eigenvalue weighted by Gasteiger charge is 2.22. The molecule has 0 spiro atoms. The standard InChI is InChI=1S/C9H16O2/c1-5-8-9(4,10-6-2)11-7-3/h1H,6-8H2,2-4H3. The fraction of sp³-hybridized carbons (Fsp3) is 0.778. The molecule has 0 aromatic rings. The fourth-order valence-corrected chi connectivity index (χ4v) is 0.940. The first-order valence-corrected chi connectivity index (χ1v) is 3.90. The maximum Gasteiger partial charge on any atom is 0.176 e. The largest absolute Gasteiger partial charge is 0.349 e. The molecule has 0 aromatic carbocycles. The number of ether oxygens (including phenoxy) is 2. The molecule has 0 N–H and O–H groups in total. The first-order valence-electron chi connectivity index (χ1n) is 3.90. The summed E-state index contributed by atoms with van der Waals surface area (Å²) in [4.78, 5) is 0. The molecule has 64 valence electrons. The molecule has 0 saturated carbocycles. The molecular weight excluding hydrogens is 140 g/mol. The fourth-order valence-electron chi connectivity index (χ4n) is 0.940. The van der Waals surface area contributed by atoms with E-state index in [1.54, 1.807) is 0 Å². The molecule has 0 aliphatic rings. The Kier molecular flexibility index (Phi) is 4.93. The molecule has 0 unspecified atom stereocenters. The SMILES string of the molecule is C#CCC(C)(OCC)OCC. The Balaban J connectivity index is 3.92. The summed E-state index contributed by atoms with van der Waals surface area (Å²) in [5.74, 6) is 1.94. The molecule has 2 nitrogen and oxygen atoms in total. The zero-order valence-electron chi connectivity index (χ0n) is 7.52.